The molecule has 1 aliphatic heterocycles. The van der Waals surface area contributed by atoms with Crippen LogP contribution >= 0.6 is 0 Å². The molecule has 116 valence electrons. The molecule has 2 rings (SSSR count). The van der Waals surface area contributed by atoms with Gasteiger partial charge >= 0.3 is 0 Å². The summed E-state index contributed by atoms with van der Waals surface area (Å²) in [5.74, 6) is 0.273. The van der Waals surface area contributed by atoms with E-state index in [1.54, 1.807) is 25.4 Å². The zero-order chi connectivity index (χ0) is 15.3. The van der Waals surface area contributed by atoms with Crippen LogP contribution < -0.4 is 10.1 Å². The highest BCUT2D eigenvalue weighted by molar-refractivity contribution is 5.94. The maximum absolute atomic E-state index is 12.2. The Labute approximate surface area is 124 Å². The van der Waals surface area contributed by atoms with Crippen molar-refractivity contribution in [1.82, 2.24) is 10.3 Å². The van der Waals surface area contributed by atoms with E-state index in [-0.39, 0.29) is 12.0 Å². The summed E-state index contributed by atoms with van der Waals surface area (Å²) < 4.78 is 16.0. The number of nitrogens with zero attached hydrogens (tertiary/aromatic N) is 1. The molecule has 0 saturated carbocycles. The lowest BCUT2D eigenvalue weighted by Gasteiger charge is -2.25. The Morgan fingerprint density at radius 2 is 2.38 bits per heavy atom. The summed E-state index contributed by atoms with van der Waals surface area (Å²) in [5.41, 5.74) is 0.0817. The van der Waals surface area contributed by atoms with Gasteiger partial charge in [0.25, 0.3) is 5.91 Å². The number of hydrogen-bond donors (Lipinski definition) is 1. The Morgan fingerprint density at radius 1 is 1.57 bits per heavy atom. The van der Waals surface area contributed by atoms with Crippen LogP contribution in [0.4, 0.5) is 0 Å². The highest BCUT2D eigenvalue weighted by Crippen LogP contribution is 2.16. The summed E-state index contributed by atoms with van der Waals surface area (Å²) in [6, 6.07) is 3.31. The van der Waals surface area contributed by atoms with Gasteiger partial charge in [0.05, 0.1) is 25.4 Å². The van der Waals surface area contributed by atoms with Crippen LogP contribution in [0.25, 0.3) is 0 Å². The summed E-state index contributed by atoms with van der Waals surface area (Å²) in [7, 11) is 1.61. The molecule has 6 nitrogen and oxygen atoms in total. The van der Waals surface area contributed by atoms with E-state index >= 15 is 0 Å². The van der Waals surface area contributed by atoms with E-state index in [1.165, 1.54) is 0 Å². The van der Waals surface area contributed by atoms with Crippen LogP contribution in [-0.2, 0) is 9.47 Å². The fourth-order valence-corrected chi connectivity index (χ4v) is 2.17. The molecule has 1 saturated heterocycles. The van der Waals surface area contributed by atoms with Gasteiger partial charge in [-0.2, -0.15) is 0 Å². The van der Waals surface area contributed by atoms with E-state index in [1.807, 2.05) is 13.8 Å². The average Bonchev–Trinajstić information content (AvgIpc) is 2.91. The third-order valence-electron chi connectivity index (χ3n) is 3.13. The number of ether oxygens (including phenoxy) is 3. The number of rotatable bonds is 6. The summed E-state index contributed by atoms with van der Waals surface area (Å²) >= 11 is 0. The molecule has 1 N–H and O–H groups in total. The van der Waals surface area contributed by atoms with Gasteiger partial charge in [-0.15, -0.1) is 0 Å². The van der Waals surface area contributed by atoms with Gasteiger partial charge < -0.3 is 19.5 Å². The number of methoxy groups -OCH3 is 1. The second-order valence-corrected chi connectivity index (χ2v) is 5.76. The lowest BCUT2D eigenvalue weighted by molar-refractivity contribution is 0.0818. The zero-order valence-electron chi connectivity index (χ0n) is 12.7. The van der Waals surface area contributed by atoms with E-state index in [9.17, 15) is 4.79 Å². The SMILES string of the molecule is COCC(C)(C)NC(=O)c1ccnc(OC2CCOC2)c1. The largest absolute Gasteiger partial charge is 0.472 e. The Morgan fingerprint density at radius 3 is 3.05 bits per heavy atom. The normalized spacial score (nSPS) is 18.5. The molecule has 1 aromatic heterocycles. The number of amides is 1. The first-order valence-corrected chi connectivity index (χ1v) is 7.02. The minimum Gasteiger partial charge on any atom is -0.472 e. The highest BCUT2D eigenvalue weighted by atomic mass is 16.5. The molecular weight excluding hydrogens is 272 g/mol. The smallest absolute Gasteiger partial charge is 0.252 e. The minimum absolute atomic E-state index is 0.0146. The van der Waals surface area contributed by atoms with Gasteiger partial charge in [-0.1, -0.05) is 0 Å². The topological polar surface area (TPSA) is 69.7 Å². The molecule has 1 fully saturated rings. The van der Waals surface area contributed by atoms with E-state index in [2.05, 4.69) is 10.3 Å². The number of carbonyl (C=O) groups excluding carboxylic acids is 1. The molecule has 6 heteroatoms. The second kappa shape index (κ2) is 6.87. The van der Waals surface area contributed by atoms with E-state index in [0.29, 0.717) is 31.3 Å². The predicted molar refractivity (Wildman–Crippen MR) is 77.5 cm³/mol. The number of carbonyl (C=O) groups is 1. The fraction of sp³-hybridized carbons (Fsp3) is 0.600. The third kappa shape index (κ3) is 4.68. The molecule has 1 atom stereocenters. The fourth-order valence-electron chi connectivity index (χ4n) is 2.17. The van der Waals surface area contributed by atoms with Crippen LogP contribution in [-0.4, -0.2) is 49.5 Å². The first kappa shape index (κ1) is 15.7. The Balaban J connectivity index is 2.00. The standard InChI is InChI=1S/C15H22N2O4/c1-15(2,10-19-3)17-14(18)11-4-6-16-13(8-11)21-12-5-7-20-9-12/h4,6,8,12H,5,7,9-10H2,1-3H3,(H,17,18). The molecule has 0 radical (unpaired) electrons. The number of hydrogen-bond acceptors (Lipinski definition) is 5. The highest BCUT2D eigenvalue weighted by Gasteiger charge is 2.22. The van der Waals surface area contributed by atoms with Gasteiger partial charge in [-0.05, 0) is 19.9 Å². The molecular formula is C15H22N2O4. The molecule has 1 aromatic rings. The minimum atomic E-state index is -0.435. The van der Waals surface area contributed by atoms with Gasteiger partial charge in [0.1, 0.15) is 6.10 Å². The quantitative estimate of drug-likeness (QED) is 0.859. The van der Waals surface area contributed by atoms with Crippen molar-refractivity contribution in [3.8, 4) is 5.88 Å². The van der Waals surface area contributed by atoms with Crippen molar-refractivity contribution >= 4 is 5.91 Å². The van der Waals surface area contributed by atoms with Crippen LogP contribution in [0.1, 0.15) is 30.6 Å². The molecule has 1 aliphatic rings. The van der Waals surface area contributed by atoms with Crippen molar-refractivity contribution in [3.05, 3.63) is 23.9 Å². The number of nitrogens with one attached hydrogen (secondary N) is 1. The Kier molecular flexibility index (Phi) is 5.14. The van der Waals surface area contributed by atoms with Crippen LogP contribution in [0, 0.1) is 0 Å². The molecule has 1 amide bonds. The van der Waals surface area contributed by atoms with Gasteiger partial charge in [0.15, 0.2) is 0 Å². The van der Waals surface area contributed by atoms with Crippen molar-refractivity contribution in [1.29, 1.82) is 0 Å². The van der Waals surface area contributed by atoms with Crippen molar-refractivity contribution in [2.45, 2.75) is 31.9 Å². The van der Waals surface area contributed by atoms with Gasteiger partial charge in [-0.25, -0.2) is 4.98 Å². The number of pyridine rings is 1. The van der Waals surface area contributed by atoms with Crippen molar-refractivity contribution in [2.24, 2.45) is 0 Å². The third-order valence-corrected chi connectivity index (χ3v) is 3.13. The van der Waals surface area contributed by atoms with Crippen LogP contribution in [0.15, 0.2) is 18.3 Å². The molecule has 21 heavy (non-hydrogen) atoms. The molecule has 0 aromatic carbocycles. The maximum Gasteiger partial charge on any atom is 0.252 e. The predicted octanol–water partition coefficient (Wildman–Crippen LogP) is 1.40. The molecule has 2 heterocycles. The summed E-state index contributed by atoms with van der Waals surface area (Å²) in [6.45, 7) is 5.52. The molecule has 0 aliphatic carbocycles. The Hall–Kier alpha value is -1.66. The first-order chi connectivity index (χ1) is 10.00. The zero-order valence-corrected chi connectivity index (χ0v) is 12.7. The molecule has 1 unspecified atom stereocenters. The molecule has 0 bridgehead atoms. The monoisotopic (exact) mass is 294 g/mol. The summed E-state index contributed by atoms with van der Waals surface area (Å²) in [6.07, 6.45) is 2.43. The van der Waals surface area contributed by atoms with Crippen LogP contribution in [0.5, 0.6) is 5.88 Å². The summed E-state index contributed by atoms with van der Waals surface area (Å²) in [5, 5.41) is 2.92. The van der Waals surface area contributed by atoms with Crippen LogP contribution in [0.2, 0.25) is 0 Å². The molecule has 0 spiro atoms. The van der Waals surface area contributed by atoms with Gasteiger partial charge in [-0.3, -0.25) is 4.79 Å². The van der Waals surface area contributed by atoms with Gasteiger partial charge in [0.2, 0.25) is 5.88 Å². The summed E-state index contributed by atoms with van der Waals surface area (Å²) in [4.78, 5) is 16.4. The average molecular weight is 294 g/mol. The maximum atomic E-state index is 12.2. The number of aromatic nitrogens is 1. The van der Waals surface area contributed by atoms with Crippen molar-refractivity contribution in [3.63, 3.8) is 0 Å². The Bertz CT molecular complexity index is 484. The van der Waals surface area contributed by atoms with E-state index < -0.39 is 5.54 Å². The van der Waals surface area contributed by atoms with E-state index in [0.717, 1.165) is 6.42 Å². The first-order valence-electron chi connectivity index (χ1n) is 7.02. The van der Waals surface area contributed by atoms with E-state index in [4.69, 9.17) is 14.2 Å². The van der Waals surface area contributed by atoms with Crippen LogP contribution in [0.3, 0.4) is 0 Å². The lowest BCUT2D eigenvalue weighted by Crippen LogP contribution is -2.46. The van der Waals surface area contributed by atoms with Gasteiger partial charge in [0, 0.05) is 31.4 Å². The lowest BCUT2D eigenvalue weighted by atomic mass is 10.1. The van der Waals surface area contributed by atoms with Crippen molar-refractivity contribution < 1.29 is 19.0 Å². The second-order valence-electron chi connectivity index (χ2n) is 5.76. The van der Waals surface area contributed by atoms with Crippen molar-refractivity contribution in [2.75, 3.05) is 26.9 Å².